The van der Waals surface area contributed by atoms with E-state index in [2.05, 4.69) is 68.8 Å². The second-order valence-electron chi connectivity index (χ2n) is 5.96. The van der Waals surface area contributed by atoms with Gasteiger partial charge in [-0.1, -0.05) is 49.2 Å². The molecule has 2 aromatic carbocycles. The Morgan fingerprint density at radius 2 is 1.35 bits per heavy atom. The average molecular weight is 329 g/mol. The molecule has 0 aromatic heterocycles. The first-order chi connectivity index (χ1) is 11.1. The van der Waals surface area contributed by atoms with Crippen LogP contribution in [-0.2, 0) is 6.42 Å². The molecule has 1 aliphatic rings. The van der Waals surface area contributed by atoms with E-state index >= 15 is 0 Å². The second-order valence-corrected chi connectivity index (χ2v) is 7.36. The summed E-state index contributed by atoms with van der Waals surface area (Å²) in [6.45, 7) is 10.3. The van der Waals surface area contributed by atoms with Crippen LogP contribution >= 0.6 is 8.53 Å². The quantitative estimate of drug-likeness (QED) is 0.719. The van der Waals surface area contributed by atoms with Gasteiger partial charge in [-0.3, -0.25) is 0 Å². The van der Waals surface area contributed by atoms with Crippen LogP contribution in [0.2, 0.25) is 0 Å². The highest BCUT2D eigenvalue weighted by atomic mass is 31.2. The summed E-state index contributed by atoms with van der Waals surface area (Å²) in [5.41, 5.74) is 4.99. The normalized spacial score (nSPS) is 14.3. The largest absolute Gasteiger partial charge is 0.427 e. The van der Waals surface area contributed by atoms with Crippen LogP contribution in [0.1, 0.15) is 36.1 Å². The summed E-state index contributed by atoms with van der Waals surface area (Å²) < 4.78 is 14.8. The molecule has 0 bridgehead atoms. The first-order valence-corrected chi connectivity index (χ1v) is 9.33. The summed E-state index contributed by atoms with van der Waals surface area (Å²) in [5, 5.41) is 0. The third-order valence-electron chi connectivity index (χ3n) is 4.13. The van der Waals surface area contributed by atoms with Gasteiger partial charge >= 0.3 is 8.53 Å². The fourth-order valence-electron chi connectivity index (χ4n) is 2.83. The Morgan fingerprint density at radius 3 is 1.78 bits per heavy atom. The lowest BCUT2D eigenvalue weighted by molar-refractivity contribution is 0.367. The van der Waals surface area contributed by atoms with Crippen LogP contribution < -0.4 is 9.05 Å². The van der Waals surface area contributed by atoms with Crippen LogP contribution in [0.5, 0.6) is 11.5 Å². The standard InChI is InChI=1S/C19H24NO2P/c1-5-20(6-2)23-21-18-9-7-14(3)11-16(18)13-17-12-15(4)8-10-19(17)22-23/h7-12H,5-6,13H2,1-4H3. The van der Waals surface area contributed by atoms with Crippen LogP contribution in [0, 0.1) is 13.8 Å². The molecule has 3 rings (SSSR count). The minimum atomic E-state index is -1.14. The zero-order chi connectivity index (χ0) is 16.4. The molecule has 122 valence electrons. The van der Waals surface area contributed by atoms with E-state index in [1.54, 1.807) is 0 Å². The van der Waals surface area contributed by atoms with Crippen LogP contribution in [0.15, 0.2) is 36.4 Å². The van der Waals surface area contributed by atoms with E-state index in [9.17, 15) is 0 Å². The van der Waals surface area contributed by atoms with Crippen molar-refractivity contribution in [1.29, 1.82) is 0 Å². The Balaban J connectivity index is 2.08. The molecule has 0 amide bonds. The number of rotatable bonds is 3. The first-order valence-electron chi connectivity index (χ1n) is 8.20. The van der Waals surface area contributed by atoms with Gasteiger partial charge in [0.2, 0.25) is 0 Å². The summed E-state index contributed by atoms with van der Waals surface area (Å²) >= 11 is 0. The van der Waals surface area contributed by atoms with Crippen LogP contribution in [0.4, 0.5) is 0 Å². The summed E-state index contributed by atoms with van der Waals surface area (Å²) in [7, 11) is -1.14. The van der Waals surface area contributed by atoms with Crippen molar-refractivity contribution >= 4 is 8.53 Å². The molecule has 2 aromatic rings. The van der Waals surface area contributed by atoms with Crippen molar-refractivity contribution < 1.29 is 9.05 Å². The van der Waals surface area contributed by atoms with Crippen molar-refractivity contribution in [2.75, 3.05) is 13.1 Å². The lowest BCUT2D eigenvalue weighted by Gasteiger charge is -2.30. The first kappa shape index (κ1) is 16.3. The van der Waals surface area contributed by atoms with Crippen molar-refractivity contribution in [3.05, 3.63) is 58.7 Å². The molecule has 0 spiro atoms. The van der Waals surface area contributed by atoms with E-state index in [-0.39, 0.29) is 0 Å². The fourth-order valence-corrected chi connectivity index (χ4v) is 4.26. The highest BCUT2D eigenvalue weighted by molar-refractivity contribution is 7.45. The summed E-state index contributed by atoms with van der Waals surface area (Å²) in [4.78, 5) is 0. The molecule has 3 nitrogen and oxygen atoms in total. The zero-order valence-corrected chi connectivity index (χ0v) is 15.2. The number of fused-ring (bicyclic) bond motifs is 2. The second kappa shape index (κ2) is 6.90. The van der Waals surface area contributed by atoms with Gasteiger partial charge in [0.15, 0.2) is 0 Å². The maximum Gasteiger partial charge on any atom is 0.384 e. The van der Waals surface area contributed by atoms with Gasteiger partial charge in [0.25, 0.3) is 0 Å². The van der Waals surface area contributed by atoms with Gasteiger partial charge in [0.1, 0.15) is 11.5 Å². The van der Waals surface area contributed by atoms with Crippen LogP contribution in [0.25, 0.3) is 0 Å². The molecule has 23 heavy (non-hydrogen) atoms. The predicted molar refractivity (Wildman–Crippen MR) is 96.3 cm³/mol. The number of hydrogen-bond donors (Lipinski definition) is 0. The Hall–Kier alpha value is -1.57. The summed E-state index contributed by atoms with van der Waals surface area (Å²) in [5.74, 6) is 1.89. The Morgan fingerprint density at radius 1 is 0.870 bits per heavy atom. The van der Waals surface area contributed by atoms with E-state index in [1.807, 2.05) is 0 Å². The highest BCUT2D eigenvalue weighted by Gasteiger charge is 2.27. The minimum Gasteiger partial charge on any atom is -0.427 e. The van der Waals surface area contributed by atoms with Gasteiger partial charge < -0.3 is 9.05 Å². The van der Waals surface area contributed by atoms with Crippen molar-refractivity contribution in [3.63, 3.8) is 0 Å². The van der Waals surface area contributed by atoms with Gasteiger partial charge in [-0.25, -0.2) is 4.67 Å². The average Bonchev–Trinajstić information content (AvgIpc) is 2.51. The Bertz CT molecular complexity index is 644. The topological polar surface area (TPSA) is 21.7 Å². The molecule has 0 N–H and O–H groups in total. The molecule has 0 aliphatic carbocycles. The maximum atomic E-state index is 6.29. The molecule has 1 heterocycles. The summed E-state index contributed by atoms with van der Waals surface area (Å²) in [6.07, 6.45) is 0.843. The predicted octanol–water partition coefficient (Wildman–Crippen LogP) is 5.23. The van der Waals surface area contributed by atoms with Crippen molar-refractivity contribution in [3.8, 4) is 11.5 Å². The maximum absolute atomic E-state index is 6.29. The van der Waals surface area contributed by atoms with E-state index < -0.39 is 8.53 Å². The number of hydrogen-bond acceptors (Lipinski definition) is 3. The van der Waals surface area contributed by atoms with Crippen molar-refractivity contribution in [2.45, 2.75) is 34.1 Å². The molecule has 0 fully saturated rings. The van der Waals surface area contributed by atoms with Crippen molar-refractivity contribution in [1.82, 2.24) is 4.67 Å². The van der Waals surface area contributed by atoms with E-state index in [1.165, 1.54) is 22.3 Å². The van der Waals surface area contributed by atoms with E-state index in [4.69, 9.17) is 9.05 Å². The third kappa shape index (κ3) is 3.52. The van der Waals surface area contributed by atoms with Gasteiger partial charge in [0, 0.05) is 19.5 Å². The Kier molecular flexibility index (Phi) is 4.89. The molecule has 1 aliphatic heterocycles. The molecule has 4 heteroatoms. The van der Waals surface area contributed by atoms with Crippen LogP contribution in [-0.4, -0.2) is 17.8 Å². The highest BCUT2D eigenvalue weighted by Crippen LogP contribution is 2.48. The lowest BCUT2D eigenvalue weighted by atomic mass is 10.00. The molecule has 0 unspecified atom stereocenters. The lowest BCUT2D eigenvalue weighted by Crippen LogP contribution is -2.23. The van der Waals surface area contributed by atoms with Gasteiger partial charge in [0.05, 0.1) is 0 Å². The number of nitrogens with zero attached hydrogens (tertiary/aromatic N) is 1. The third-order valence-corrected chi connectivity index (χ3v) is 5.86. The Labute approximate surface area is 140 Å². The van der Waals surface area contributed by atoms with E-state index in [0.29, 0.717) is 0 Å². The van der Waals surface area contributed by atoms with E-state index in [0.717, 1.165) is 31.0 Å². The molecular weight excluding hydrogens is 305 g/mol. The van der Waals surface area contributed by atoms with Crippen LogP contribution in [0.3, 0.4) is 0 Å². The molecular formula is C19H24NO2P. The minimum absolute atomic E-state index is 0.843. The molecule has 0 saturated carbocycles. The number of aryl methyl sites for hydroxylation is 2. The molecule has 0 saturated heterocycles. The monoisotopic (exact) mass is 329 g/mol. The van der Waals surface area contributed by atoms with Gasteiger partial charge in [-0.05, 0) is 37.1 Å². The van der Waals surface area contributed by atoms with Gasteiger partial charge in [-0.15, -0.1) is 0 Å². The fraction of sp³-hybridized carbons (Fsp3) is 0.368. The smallest absolute Gasteiger partial charge is 0.384 e. The molecule has 0 radical (unpaired) electrons. The van der Waals surface area contributed by atoms with Gasteiger partial charge in [-0.2, -0.15) is 0 Å². The SMILES string of the molecule is CCN(CC)P1Oc2ccc(C)cc2Cc2cc(C)ccc2O1. The molecule has 0 atom stereocenters. The zero-order valence-electron chi connectivity index (χ0n) is 14.3. The number of benzene rings is 2. The van der Waals surface area contributed by atoms with Crippen molar-refractivity contribution in [2.24, 2.45) is 0 Å². The summed E-state index contributed by atoms with van der Waals surface area (Å²) in [6, 6.07) is 12.8.